The van der Waals surface area contributed by atoms with Gasteiger partial charge in [0, 0.05) is 0 Å². The van der Waals surface area contributed by atoms with E-state index in [2.05, 4.69) is 5.32 Å². The summed E-state index contributed by atoms with van der Waals surface area (Å²) >= 11 is 5.91. The van der Waals surface area contributed by atoms with Crippen LogP contribution in [0, 0.1) is 5.82 Å². The molecule has 0 spiro atoms. The van der Waals surface area contributed by atoms with E-state index in [1.54, 1.807) is 24.3 Å². The minimum absolute atomic E-state index is 0.149. The summed E-state index contributed by atoms with van der Waals surface area (Å²) in [7, 11) is -1.59. The molecule has 0 fully saturated rings. The van der Waals surface area contributed by atoms with Crippen LogP contribution in [0.5, 0.6) is 0 Å². The molecule has 0 saturated heterocycles. The number of hydrogen-bond acceptors (Lipinski definition) is 3. The summed E-state index contributed by atoms with van der Waals surface area (Å²) in [5, 5.41) is 2.76. The minimum atomic E-state index is -1.59. The highest BCUT2D eigenvalue weighted by Crippen LogP contribution is 2.21. The predicted molar refractivity (Wildman–Crippen MR) is 82.2 cm³/mol. The summed E-state index contributed by atoms with van der Waals surface area (Å²) in [4.78, 5) is 12.2. The van der Waals surface area contributed by atoms with Crippen molar-refractivity contribution in [1.82, 2.24) is 0 Å². The number of hydrogen-bond donors (Lipinski definition) is 2. The smallest absolute Gasteiger partial charge is 0.237 e. The van der Waals surface area contributed by atoms with E-state index in [1.165, 1.54) is 12.1 Å². The molecule has 0 saturated carbocycles. The number of anilines is 2. The van der Waals surface area contributed by atoms with Crippen LogP contribution in [0.4, 0.5) is 15.8 Å². The monoisotopic (exact) mass is 326 g/mol. The fourth-order valence-corrected chi connectivity index (χ4v) is 3.02. The maximum absolute atomic E-state index is 13.1. The Morgan fingerprint density at radius 1 is 1.29 bits per heavy atom. The number of nitrogens with one attached hydrogen (secondary N) is 1. The molecule has 2 aromatic rings. The van der Waals surface area contributed by atoms with Crippen molar-refractivity contribution in [2.45, 2.75) is 4.90 Å². The van der Waals surface area contributed by atoms with E-state index in [1.807, 2.05) is 0 Å². The summed E-state index contributed by atoms with van der Waals surface area (Å²) < 4.78 is 25.2. The Kier molecular flexibility index (Phi) is 4.93. The van der Waals surface area contributed by atoms with Crippen LogP contribution in [0.25, 0.3) is 0 Å². The van der Waals surface area contributed by atoms with Gasteiger partial charge in [-0.05, 0) is 30.3 Å². The Morgan fingerprint density at radius 3 is 2.71 bits per heavy atom. The van der Waals surface area contributed by atoms with Gasteiger partial charge in [0.15, 0.2) is 0 Å². The minimum Gasteiger partial charge on any atom is -0.397 e. The molecule has 3 N–H and O–H groups in total. The molecule has 4 nitrogen and oxygen atoms in total. The molecule has 21 heavy (non-hydrogen) atoms. The highest BCUT2D eigenvalue weighted by Gasteiger charge is 2.14. The van der Waals surface area contributed by atoms with E-state index in [0.29, 0.717) is 9.92 Å². The zero-order valence-corrected chi connectivity index (χ0v) is 12.4. The van der Waals surface area contributed by atoms with Gasteiger partial charge in [0.1, 0.15) is 11.6 Å². The van der Waals surface area contributed by atoms with Gasteiger partial charge in [-0.25, -0.2) is 4.39 Å². The van der Waals surface area contributed by atoms with E-state index in [-0.39, 0.29) is 17.1 Å². The van der Waals surface area contributed by atoms with Crippen LogP contribution in [0.1, 0.15) is 0 Å². The second-order valence-electron chi connectivity index (χ2n) is 4.20. The van der Waals surface area contributed by atoms with Crippen molar-refractivity contribution in [3.05, 3.63) is 53.3 Å². The Hall–Kier alpha value is -1.92. The summed E-state index contributed by atoms with van der Waals surface area (Å²) in [6.07, 6.45) is 0. The Morgan fingerprint density at radius 2 is 2.00 bits per heavy atom. The molecule has 1 unspecified atom stereocenters. The third-order valence-corrected chi connectivity index (χ3v) is 4.45. The van der Waals surface area contributed by atoms with Crippen molar-refractivity contribution >= 4 is 39.7 Å². The topological polar surface area (TPSA) is 72.2 Å². The Labute approximate surface area is 128 Å². The number of carbonyl (C=O) groups is 1. The van der Waals surface area contributed by atoms with Crippen molar-refractivity contribution in [2.75, 3.05) is 16.8 Å². The fourth-order valence-electron chi connectivity index (χ4n) is 1.65. The fraction of sp³-hybridized carbons (Fsp3) is 0.0714. The van der Waals surface area contributed by atoms with Gasteiger partial charge < -0.3 is 11.1 Å². The molecule has 2 rings (SSSR count). The van der Waals surface area contributed by atoms with Crippen molar-refractivity contribution in [3.63, 3.8) is 0 Å². The maximum atomic E-state index is 13.1. The van der Waals surface area contributed by atoms with E-state index >= 15 is 0 Å². The molecule has 0 bridgehead atoms. The number of amides is 1. The number of rotatable bonds is 4. The molecule has 0 aliphatic rings. The number of nitrogen functional groups attached to an aromatic ring is 1. The molecule has 0 radical (unpaired) electrons. The van der Waals surface area contributed by atoms with Gasteiger partial charge in [-0.15, -0.1) is 0 Å². The first kappa shape index (κ1) is 15.5. The average molecular weight is 327 g/mol. The molecule has 0 aliphatic carbocycles. The van der Waals surface area contributed by atoms with E-state index in [4.69, 9.17) is 17.3 Å². The van der Waals surface area contributed by atoms with Gasteiger partial charge in [0.2, 0.25) is 5.91 Å². The number of nitrogens with two attached hydrogens (primary N) is 1. The predicted octanol–water partition coefficient (Wildman–Crippen LogP) is 2.81. The quantitative estimate of drug-likeness (QED) is 0.849. The highest BCUT2D eigenvalue weighted by atomic mass is 35.5. The van der Waals surface area contributed by atoms with Crippen molar-refractivity contribution in [2.24, 2.45) is 0 Å². The lowest BCUT2D eigenvalue weighted by Crippen LogP contribution is -2.20. The molecular weight excluding hydrogens is 315 g/mol. The van der Waals surface area contributed by atoms with Crippen molar-refractivity contribution < 1.29 is 13.4 Å². The van der Waals surface area contributed by atoms with Gasteiger partial charge in [0.05, 0.1) is 32.1 Å². The normalized spacial score (nSPS) is 11.9. The van der Waals surface area contributed by atoms with Crippen LogP contribution in [-0.2, 0) is 15.6 Å². The lowest BCUT2D eigenvalue weighted by molar-refractivity contribution is -0.113. The second kappa shape index (κ2) is 6.69. The number of halogens is 2. The third kappa shape index (κ3) is 4.03. The lowest BCUT2D eigenvalue weighted by Gasteiger charge is -2.08. The zero-order valence-electron chi connectivity index (χ0n) is 10.8. The molecule has 2 aromatic carbocycles. The van der Waals surface area contributed by atoms with Crippen LogP contribution >= 0.6 is 11.6 Å². The Balaban J connectivity index is 2.07. The summed E-state index contributed by atoms with van der Waals surface area (Å²) in [5.41, 5.74) is 6.00. The molecule has 7 heteroatoms. The van der Waals surface area contributed by atoms with Gasteiger partial charge >= 0.3 is 0 Å². The number of benzene rings is 2. The number of carbonyl (C=O) groups excluding carboxylic acids is 1. The first-order chi connectivity index (χ1) is 9.97. The van der Waals surface area contributed by atoms with Gasteiger partial charge in [-0.1, -0.05) is 23.7 Å². The highest BCUT2D eigenvalue weighted by molar-refractivity contribution is 7.86. The molecular formula is C14H12ClFN2O2S. The van der Waals surface area contributed by atoms with E-state index < -0.39 is 22.5 Å². The van der Waals surface area contributed by atoms with E-state index in [0.717, 1.165) is 6.07 Å². The lowest BCUT2D eigenvalue weighted by atomic mass is 10.2. The zero-order chi connectivity index (χ0) is 15.4. The first-order valence-electron chi connectivity index (χ1n) is 5.95. The molecule has 0 aromatic heterocycles. The standard InChI is InChI=1S/C14H12ClFN2O2S/c15-10-3-1-2-4-13(10)21(20)8-14(19)18-12-7-9(16)5-6-11(12)17/h1-7H,8,17H2,(H,18,19). The van der Waals surface area contributed by atoms with Crippen LogP contribution < -0.4 is 11.1 Å². The SMILES string of the molecule is Nc1ccc(F)cc1NC(=O)CS(=O)c1ccccc1Cl. The largest absolute Gasteiger partial charge is 0.397 e. The summed E-state index contributed by atoms with van der Waals surface area (Å²) in [6.45, 7) is 0. The molecule has 1 atom stereocenters. The second-order valence-corrected chi connectivity index (χ2v) is 6.03. The van der Waals surface area contributed by atoms with E-state index in [9.17, 15) is 13.4 Å². The first-order valence-corrected chi connectivity index (χ1v) is 7.65. The van der Waals surface area contributed by atoms with Gasteiger partial charge in [-0.2, -0.15) is 0 Å². The van der Waals surface area contributed by atoms with Gasteiger partial charge in [0.25, 0.3) is 0 Å². The summed E-state index contributed by atoms with van der Waals surface area (Å²) in [6, 6.07) is 10.2. The van der Waals surface area contributed by atoms with Crippen LogP contribution in [0.3, 0.4) is 0 Å². The molecule has 110 valence electrons. The van der Waals surface area contributed by atoms with Crippen LogP contribution in [0.15, 0.2) is 47.4 Å². The molecule has 1 amide bonds. The average Bonchev–Trinajstić information content (AvgIpc) is 2.43. The summed E-state index contributed by atoms with van der Waals surface area (Å²) in [5.74, 6) is -1.35. The van der Waals surface area contributed by atoms with Gasteiger partial charge in [-0.3, -0.25) is 9.00 Å². The Bertz CT molecular complexity index is 709. The third-order valence-electron chi connectivity index (χ3n) is 2.63. The van der Waals surface area contributed by atoms with Crippen molar-refractivity contribution in [1.29, 1.82) is 0 Å². The van der Waals surface area contributed by atoms with Crippen LogP contribution in [-0.4, -0.2) is 15.9 Å². The maximum Gasteiger partial charge on any atom is 0.237 e. The molecule has 0 heterocycles. The van der Waals surface area contributed by atoms with Crippen molar-refractivity contribution in [3.8, 4) is 0 Å². The molecule has 0 aliphatic heterocycles. The van der Waals surface area contributed by atoms with Crippen LogP contribution in [0.2, 0.25) is 5.02 Å².